The number of carbonyl (C=O) groups is 1. The Morgan fingerprint density at radius 1 is 0.766 bits per heavy atom. The minimum Gasteiger partial charge on any atom is -0.481 e. The predicted octanol–water partition coefficient (Wildman–Crippen LogP) is 4.32. The van der Waals surface area contributed by atoms with E-state index in [1.54, 1.807) is 28.1 Å². The number of carboxylic acids is 1. The summed E-state index contributed by atoms with van der Waals surface area (Å²) in [5.41, 5.74) is -1.60. The third-order valence-electron chi connectivity index (χ3n) is 16.8. The second-order valence-corrected chi connectivity index (χ2v) is 21.3. The highest BCUT2D eigenvalue weighted by Crippen LogP contribution is 2.55. The molecule has 370 valence electrons. The van der Waals surface area contributed by atoms with Crippen molar-refractivity contribution in [2.45, 2.75) is 234 Å². The summed E-state index contributed by atoms with van der Waals surface area (Å²) in [7, 11) is 6.37. The average Bonchev–Trinajstić information content (AvgIpc) is 3.94. The number of rotatable bonds is 13. The molecule has 7 fully saturated rings. The summed E-state index contributed by atoms with van der Waals surface area (Å²) in [6.07, 6.45) is -3.18. The van der Waals surface area contributed by atoms with Crippen LogP contribution in [0.25, 0.3) is 0 Å². The van der Waals surface area contributed by atoms with Gasteiger partial charge in [-0.3, -0.25) is 4.79 Å². The SMILES string of the molecule is COC1CC(OC2CC(C3O[C@](C)(O)C(C)CC3C)OC2[C@]2(C)CCC([C@]3(C)CC[C@]4(CC(O)C(C)C(C(C)C5O[C@](O)(CC(=O)O)C(C)C(OC)C5OC)O4)O3)O2)OC(C)C1OC. The molecule has 1 spiro atoms. The number of carboxylic acid groups (broad SMARTS) is 1. The fourth-order valence-corrected chi connectivity index (χ4v) is 12.7. The fraction of sp³-hybridized carbons (Fsp3) is 0.979. The molecule has 0 radical (unpaired) electrons. The van der Waals surface area contributed by atoms with E-state index in [0.717, 1.165) is 6.42 Å². The van der Waals surface area contributed by atoms with E-state index in [4.69, 9.17) is 56.8 Å². The first-order valence-corrected chi connectivity index (χ1v) is 23.8. The van der Waals surface area contributed by atoms with Crippen molar-refractivity contribution < 1.29 is 82.1 Å². The van der Waals surface area contributed by atoms with Crippen molar-refractivity contribution in [3.05, 3.63) is 0 Å². The molecule has 17 heteroatoms. The lowest BCUT2D eigenvalue weighted by Crippen LogP contribution is -2.65. The maximum Gasteiger partial charge on any atom is 0.308 e. The van der Waals surface area contributed by atoms with Gasteiger partial charge >= 0.3 is 5.97 Å². The highest BCUT2D eigenvalue weighted by atomic mass is 16.7. The second kappa shape index (κ2) is 19.0. The summed E-state index contributed by atoms with van der Waals surface area (Å²) < 4.78 is 77.6. The summed E-state index contributed by atoms with van der Waals surface area (Å²) in [5, 5.41) is 44.3. The smallest absolute Gasteiger partial charge is 0.308 e. The van der Waals surface area contributed by atoms with Crippen molar-refractivity contribution in [1.29, 1.82) is 0 Å². The number of aliphatic hydroxyl groups is 3. The molecule has 7 saturated heterocycles. The van der Waals surface area contributed by atoms with Gasteiger partial charge in [0.2, 0.25) is 0 Å². The monoisotopic (exact) mass is 917 g/mol. The Morgan fingerprint density at radius 3 is 2.09 bits per heavy atom. The quantitative estimate of drug-likeness (QED) is 0.203. The first-order valence-electron chi connectivity index (χ1n) is 23.8. The van der Waals surface area contributed by atoms with Crippen LogP contribution in [0, 0.1) is 29.6 Å². The van der Waals surface area contributed by atoms with Crippen molar-refractivity contribution in [1.82, 2.24) is 0 Å². The topological polar surface area (TPSA) is 209 Å². The number of ether oxygens (including phenoxy) is 12. The van der Waals surface area contributed by atoms with Gasteiger partial charge in [-0.2, -0.15) is 0 Å². The van der Waals surface area contributed by atoms with Gasteiger partial charge in [-0.1, -0.05) is 34.6 Å². The van der Waals surface area contributed by atoms with Gasteiger partial charge in [-0.05, 0) is 59.3 Å². The first-order chi connectivity index (χ1) is 30.0. The maximum atomic E-state index is 11.9. The molecule has 0 amide bonds. The summed E-state index contributed by atoms with van der Waals surface area (Å²) in [6, 6.07) is 0. The molecule has 7 rings (SSSR count). The van der Waals surface area contributed by atoms with Gasteiger partial charge in [0.05, 0.1) is 78.7 Å². The van der Waals surface area contributed by atoms with Crippen LogP contribution in [0.5, 0.6) is 0 Å². The first kappa shape index (κ1) is 50.7. The Kier molecular flexibility index (Phi) is 15.1. The predicted molar refractivity (Wildman–Crippen MR) is 228 cm³/mol. The van der Waals surface area contributed by atoms with Crippen LogP contribution in [0.1, 0.15) is 120 Å². The Balaban J connectivity index is 1.09. The van der Waals surface area contributed by atoms with E-state index in [2.05, 4.69) is 13.8 Å². The van der Waals surface area contributed by atoms with Gasteiger partial charge in [-0.25, -0.2) is 0 Å². The maximum absolute atomic E-state index is 11.9. The van der Waals surface area contributed by atoms with Gasteiger partial charge in [0, 0.05) is 77.8 Å². The second-order valence-electron chi connectivity index (χ2n) is 21.3. The zero-order valence-corrected chi connectivity index (χ0v) is 40.4. The highest BCUT2D eigenvalue weighted by Gasteiger charge is 2.64. The number of aliphatic carboxylic acids is 1. The van der Waals surface area contributed by atoms with E-state index in [9.17, 15) is 25.2 Å². The largest absolute Gasteiger partial charge is 0.481 e. The van der Waals surface area contributed by atoms with E-state index in [1.165, 1.54) is 14.2 Å². The number of aliphatic hydroxyl groups excluding tert-OH is 1. The standard InChI is InChI=1S/C47H80O17/c1-23-18-24(2)45(9,51)61-36(23)31-19-32(58-35-20-30(53-10)40(55-12)28(6)57-35)42(59-31)44(8)15-14-33(60-44)43(7)16-17-46(64-43)21-29(48)25(3)37(62-46)26(4)38-41(56-13)39(54-11)27(5)47(52,63-38)22-34(49)50/h23-33,35-42,48,51-52H,14-22H2,1-13H3,(H,49,50)/t23?,24?,25?,26?,27?,28?,29?,30?,31?,32?,33?,35?,36?,37?,38?,39?,40?,41?,42?,43-,44-,45-,46+,47+/m0/s1. The van der Waals surface area contributed by atoms with Gasteiger partial charge in [0.1, 0.15) is 18.3 Å². The minimum absolute atomic E-state index is 0.0406. The van der Waals surface area contributed by atoms with Gasteiger partial charge in [0.25, 0.3) is 0 Å². The average molecular weight is 917 g/mol. The van der Waals surface area contributed by atoms with E-state index in [-0.39, 0.29) is 60.8 Å². The van der Waals surface area contributed by atoms with Crippen molar-refractivity contribution in [2.75, 3.05) is 28.4 Å². The highest BCUT2D eigenvalue weighted by molar-refractivity contribution is 5.68. The number of hydrogen-bond acceptors (Lipinski definition) is 16. The molecule has 7 heterocycles. The summed E-state index contributed by atoms with van der Waals surface area (Å²) in [6.45, 7) is 17.5. The van der Waals surface area contributed by atoms with Crippen LogP contribution in [0.15, 0.2) is 0 Å². The molecule has 0 bridgehead atoms. The summed E-state index contributed by atoms with van der Waals surface area (Å²) in [5.74, 6) is -7.18. The molecule has 0 aromatic carbocycles. The lowest BCUT2D eigenvalue weighted by molar-refractivity contribution is -0.365. The molecule has 19 unspecified atom stereocenters. The molecule has 24 atom stereocenters. The van der Waals surface area contributed by atoms with Crippen molar-refractivity contribution in [2.24, 2.45) is 29.6 Å². The Bertz CT molecular complexity index is 1600. The zero-order valence-electron chi connectivity index (χ0n) is 40.4. The van der Waals surface area contributed by atoms with Gasteiger partial charge < -0.3 is 77.3 Å². The molecular formula is C47H80O17. The van der Waals surface area contributed by atoms with Crippen LogP contribution < -0.4 is 0 Å². The van der Waals surface area contributed by atoms with E-state index < -0.39 is 102 Å². The molecule has 0 aromatic heterocycles. The Labute approximate surface area is 379 Å². The lowest BCUT2D eigenvalue weighted by Gasteiger charge is -2.53. The summed E-state index contributed by atoms with van der Waals surface area (Å²) >= 11 is 0. The molecule has 64 heavy (non-hydrogen) atoms. The fourth-order valence-electron chi connectivity index (χ4n) is 12.7. The van der Waals surface area contributed by atoms with E-state index >= 15 is 0 Å². The van der Waals surface area contributed by atoms with Crippen LogP contribution in [0.3, 0.4) is 0 Å². The minimum atomic E-state index is -2.03. The van der Waals surface area contributed by atoms with Crippen LogP contribution in [0.2, 0.25) is 0 Å². The van der Waals surface area contributed by atoms with Crippen LogP contribution in [0.4, 0.5) is 0 Å². The van der Waals surface area contributed by atoms with E-state index in [1.807, 2.05) is 34.6 Å². The molecule has 17 nitrogen and oxygen atoms in total. The zero-order chi connectivity index (χ0) is 46.9. The van der Waals surface area contributed by atoms with Crippen LogP contribution in [-0.2, 0) is 61.6 Å². The third kappa shape index (κ3) is 9.46. The Hall–Kier alpha value is -1.13. The number of hydrogen-bond donors (Lipinski definition) is 4. The number of methoxy groups -OCH3 is 4. The van der Waals surface area contributed by atoms with Crippen molar-refractivity contribution in [3.8, 4) is 0 Å². The van der Waals surface area contributed by atoms with Gasteiger partial charge in [0.15, 0.2) is 23.7 Å². The molecule has 7 aliphatic rings. The van der Waals surface area contributed by atoms with Gasteiger partial charge in [-0.15, -0.1) is 0 Å². The molecule has 7 aliphatic heterocycles. The molecular weight excluding hydrogens is 837 g/mol. The molecule has 4 N–H and O–H groups in total. The normalized spacial score (nSPS) is 54.1. The van der Waals surface area contributed by atoms with Crippen LogP contribution in [-0.4, -0.2) is 169 Å². The lowest BCUT2D eigenvalue weighted by atomic mass is 9.75. The van der Waals surface area contributed by atoms with Crippen molar-refractivity contribution in [3.63, 3.8) is 0 Å². The molecule has 0 aliphatic carbocycles. The van der Waals surface area contributed by atoms with Crippen LogP contribution >= 0.6 is 0 Å². The molecule has 0 saturated carbocycles. The third-order valence-corrected chi connectivity index (χ3v) is 16.8. The molecule has 0 aromatic rings. The van der Waals surface area contributed by atoms with E-state index in [0.29, 0.717) is 38.5 Å². The summed E-state index contributed by atoms with van der Waals surface area (Å²) in [4.78, 5) is 11.9. The van der Waals surface area contributed by atoms with Crippen molar-refractivity contribution >= 4 is 5.97 Å². The Morgan fingerprint density at radius 2 is 1.45 bits per heavy atom.